The van der Waals surface area contributed by atoms with Crippen molar-refractivity contribution in [3.8, 4) is 0 Å². The fourth-order valence-electron chi connectivity index (χ4n) is 0.644. The van der Waals surface area contributed by atoms with Crippen molar-refractivity contribution < 1.29 is 0 Å². The Balaban J connectivity index is 3.60. The highest BCUT2D eigenvalue weighted by atomic mass is 14.5. The molecular formula is C8H15N. The van der Waals surface area contributed by atoms with Crippen LogP contribution in [0.5, 0.6) is 0 Å². The highest BCUT2D eigenvalue weighted by molar-refractivity contribution is 5.15. The van der Waals surface area contributed by atoms with Crippen LogP contribution in [-0.4, -0.2) is 6.54 Å². The van der Waals surface area contributed by atoms with Crippen LogP contribution in [0.2, 0.25) is 0 Å². The molecule has 0 saturated heterocycles. The van der Waals surface area contributed by atoms with Gasteiger partial charge in [-0.1, -0.05) is 30.7 Å². The molecule has 0 rings (SSSR count). The lowest BCUT2D eigenvalue weighted by Gasteiger charge is -1.87. The summed E-state index contributed by atoms with van der Waals surface area (Å²) in [5, 5.41) is 0. The molecule has 1 heteroatoms. The Hall–Kier alpha value is -0.560. The molecule has 1 nitrogen and oxygen atoms in total. The zero-order chi connectivity index (χ0) is 7.11. The minimum atomic E-state index is 0.634. The average molecular weight is 125 g/mol. The van der Waals surface area contributed by atoms with Crippen LogP contribution in [0, 0.1) is 0 Å². The van der Waals surface area contributed by atoms with E-state index < -0.39 is 0 Å². The molecule has 0 aliphatic heterocycles. The quantitative estimate of drug-likeness (QED) is 0.572. The minimum Gasteiger partial charge on any atom is -0.327 e. The third kappa shape index (κ3) is 5.31. The predicted octanol–water partition coefficient (Wildman–Crippen LogP) is 1.86. The van der Waals surface area contributed by atoms with E-state index in [4.69, 9.17) is 5.73 Å². The molecule has 0 bridgehead atoms. The molecule has 52 valence electrons. The van der Waals surface area contributed by atoms with E-state index in [1.165, 1.54) is 5.57 Å². The van der Waals surface area contributed by atoms with Gasteiger partial charge >= 0.3 is 0 Å². The maximum Gasteiger partial charge on any atom is 0.0110 e. The number of rotatable bonds is 3. The molecule has 2 N–H and O–H groups in total. The smallest absolute Gasteiger partial charge is 0.0110 e. The maximum atomic E-state index is 5.26. The normalized spacial score (nSPS) is 13.0. The molecular weight excluding hydrogens is 110 g/mol. The first-order chi connectivity index (χ1) is 4.31. The molecule has 0 fully saturated rings. The summed E-state index contributed by atoms with van der Waals surface area (Å²) in [5.41, 5.74) is 6.55. The van der Waals surface area contributed by atoms with Crippen molar-refractivity contribution in [1.82, 2.24) is 0 Å². The molecule has 0 aromatic carbocycles. The Labute approximate surface area is 57.3 Å². The van der Waals surface area contributed by atoms with Gasteiger partial charge in [-0.2, -0.15) is 0 Å². The Kier molecular flexibility index (Phi) is 5.23. The topological polar surface area (TPSA) is 26.0 Å². The molecule has 0 aliphatic carbocycles. The molecule has 0 spiro atoms. The highest BCUT2D eigenvalue weighted by Gasteiger charge is 1.75. The van der Waals surface area contributed by atoms with Crippen LogP contribution in [0.1, 0.15) is 20.3 Å². The summed E-state index contributed by atoms with van der Waals surface area (Å²) in [7, 11) is 0. The average Bonchev–Trinajstić information content (AvgIpc) is 1.85. The number of allylic oxidation sites excluding steroid dienone is 3. The van der Waals surface area contributed by atoms with E-state index >= 15 is 0 Å². The van der Waals surface area contributed by atoms with Crippen LogP contribution in [0.25, 0.3) is 0 Å². The molecule has 0 radical (unpaired) electrons. The van der Waals surface area contributed by atoms with Gasteiger partial charge in [0.1, 0.15) is 0 Å². The van der Waals surface area contributed by atoms with Crippen LogP contribution in [0.3, 0.4) is 0 Å². The molecule has 0 aliphatic rings. The van der Waals surface area contributed by atoms with Gasteiger partial charge < -0.3 is 5.73 Å². The van der Waals surface area contributed by atoms with Gasteiger partial charge in [-0.3, -0.25) is 0 Å². The van der Waals surface area contributed by atoms with Gasteiger partial charge in [-0.05, 0) is 13.3 Å². The Morgan fingerprint density at radius 3 is 2.67 bits per heavy atom. The lowest BCUT2D eigenvalue weighted by atomic mass is 10.2. The molecule has 0 aromatic heterocycles. The second-order valence-electron chi connectivity index (χ2n) is 1.99. The SMILES string of the molecule is CC/C=C(C)\C=C/CN. The van der Waals surface area contributed by atoms with Gasteiger partial charge in [0.05, 0.1) is 0 Å². The van der Waals surface area contributed by atoms with Crippen molar-refractivity contribution >= 4 is 0 Å². The number of nitrogens with two attached hydrogens (primary N) is 1. The highest BCUT2D eigenvalue weighted by Crippen LogP contribution is 1.95. The summed E-state index contributed by atoms with van der Waals surface area (Å²) in [6, 6.07) is 0. The molecule has 0 heterocycles. The van der Waals surface area contributed by atoms with Crippen LogP contribution in [0.15, 0.2) is 23.8 Å². The molecule has 0 saturated carbocycles. The van der Waals surface area contributed by atoms with Crippen molar-refractivity contribution in [2.24, 2.45) is 5.73 Å². The summed E-state index contributed by atoms with van der Waals surface area (Å²) in [4.78, 5) is 0. The third-order valence-electron chi connectivity index (χ3n) is 1.04. The lowest BCUT2D eigenvalue weighted by Crippen LogP contribution is -1.92. The zero-order valence-corrected chi connectivity index (χ0v) is 6.22. The van der Waals surface area contributed by atoms with Gasteiger partial charge in [-0.25, -0.2) is 0 Å². The number of hydrogen-bond donors (Lipinski definition) is 1. The fourth-order valence-corrected chi connectivity index (χ4v) is 0.644. The Bertz CT molecular complexity index is 112. The standard InChI is InChI=1S/C8H15N/c1-3-5-8(2)6-4-7-9/h4-6H,3,7,9H2,1-2H3/b6-4-,8-5-. The number of hydrogen-bond acceptors (Lipinski definition) is 1. The van der Waals surface area contributed by atoms with E-state index in [-0.39, 0.29) is 0 Å². The van der Waals surface area contributed by atoms with E-state index in [0.29, 0.717) is 6.54 Å². The summed E-state index contributed by atoms with van der Waals surface area (Å²) in [6.45, 7) is 4.84. The largest absolute Gasteiger partial charge is 0.327 e. The van der Waals surface area contributed by atoms with E-state index in [1.54, 1.807) is 0 Å². The molecule has 9 heavy (non-hydrogen) atoms. The van der Waals surface area contributed by atoms with Gasteiger partial charge in [0.15, 0.2) is 0 Å². The first-order valence-corrected chi connectivity index (χ1v) is 3.34. The van der Waals surface area contributed by atoms with Gasteiger partial charge in [0.25, 0.3) is 0 Å². The molecule has 0 amide bonds. The second-order valence-corrected chi connectivity index (χ2v) is 1.99. The van der Waals surface area contributed by atoms with Crippen molar-refractivity contribution in [1.29, 1.82) is 0 Å². The Morgan fingerprint density at radius 1 is 1.56 bits per heavy atom. The maximum absolute atomic E-state index is 5.26. The predicted molar refractivity (Wildman–Crippen MR) is 42.2 cm³/mol. The van der Waals surface area contributed by atoms with E-state index in [2.05, 4.69) is 19.9 Å². The van der Waals surface area contributed by atoms with Gasteiger partial charge in [-0.15, -0.1) is 0 Å². The lowest BCUT2D eigenvalue weighted by molar-refractivity contribution is 1.19. The van der Waals surface area contributed by atoms with Crippen LogP contribution < -0.4 is 5.73 Å². The molecule has 0 unspecified atom stereocenters. The van der Waals surface area contributed by atoms with E-state index in [9.17, 15) is 0 Å². The van der Waals surface area contributed by atoms with Crippen LogP contribution in [0.4, 0.5) is 0 Å². The second kappa shape index (κ2) is 5.57. The van der Waals surface area contributed by atoms with Gasteiger partial charge in [0, 0.05) is 6.54 Å². The van der Waals surface area contributed by atoms with E-state index in [1.807, 2.05) is 12.2 Å². The van der Waals surface area contributed by atoms with Crippen molar-refractivity contribution in [3.63, 3.8) is 0 Å². The summed E-state index contributed by atoms with van der Waals surface area (Å²) >= 11 is 0. The van der Waals surface area contributed by atoms with Crippen LogP contribution in [-0.2, 0) is 0 Å². The zero-order valence-electron chi connectivity index (χ0n) is 6.22. The summed E-state index contributed by atoms with van der Waals surface area (Å²) < 4.78 is 0. The fraction of sp³-hybridized carbons (Fsp3) is 0.500. The van der Waals surface area contributed by atoms with Gasteiger partial charge in [0.2, 0.25) is 0 Å². The summed E-state index contributed by atoms with van der Waals surface area (Å²) in [5.74, 6) is 0. The molecule has 0 aromatic rings. The first kappa shape index (κ1) is 8.44. The van der Waals surface area contributed by atoms with E-state index in [0.717, 1.165) is 6.42 Å². The van der Waals surface area contributed by atoms with Crippen molar-refractivity contribution in [3.05, 3.63) is 23.8 Å². The summed E-state index contributed by atoms with van der Waals surface area (Å²) in [6.07, 6.45) is 7.28. The monoisotopic (exact) mass is 125 g/mol. The minimum absolute atomic E-state index is 0.634. The van der Waals surface area contributed by atoms with Crippen LogP contribution >= 0.6 is 0 Å². The van der Waals surface area contributed by atoms with Crippen molar-refractivity contribution in [2.45, 2.75) is 20.3 Å². The molecule has 0 atom stereocenters. The first-order valence-electron chi connectivity index (χ1n) is 3.34. The Morgan fingerprint density at radius 2 is 2.22 bits per heavy atom. The van der Waals surface area contributed by atoms with Crippen molar-refractivity contribution in [2.75, 3.05) is 6.54 Å². The third-order valence-corrected chi connectivity index (χ3v) is 1.04.